The summed E-state index contributed by atoms with van der Waals surface area (Å²) in [6.45, 7) is 0.268. The summed E-state index contributed by atoms with van der Waals surface area (Å²) in [5.74, 6) is -1.60. The van der Waals surface area contributed by atoms with E-state index < -0.39 is 41.5 Å². The van der Waals surface area contributed by atoms with Crippen LogP contribution in [0, 0.1) is 5.82 Å². The lowest BCUT2D eigenvalue weighted by Crippen LogP contribution is -2.34. The SMILES string of the molecule is NCCC(=O)OC[C@H]1O[C@@H](n2cc(F)c(=O)[nH]c2=O)C[C@@H]1OCc1ccc(Cl)s1. The minimum absolute atomic E-state index is 0.0555. The van der Waals surface area contributed by atoms with E-state index in [0.29, 0.717) is 4.34 Å². The molecule has 0 spiro atoms. The number of nitrogens with zero attached hydrogens (tertiary/aromatic N) is 1. The maximum absolute atomic E-state index is 13.6. The van der Waals surface area contributed by atoms with Gasteiger partial charge in [0.1, 0.15) is 18.9 Å². The smallest absolute Gasteiger partial charge is 0.330 e. The minimum atomic E-state index is -1.11. The number of carbonyl (C=O) groups is 1. The van der Waals surface area contributed by atoms with E-state index in [4.69, 9.17) is 31.5 Å². The first-order chi connectivity index (χ1) is 13.9. The van der Waals surface area contributed by atoms with Gasteiger partial charge >= 0.3 is 11.7 Å². The van der Waals surface area contributed by atoms with Crippen LogP contribution in [0.15, 0.2) is 27.9 Å². The Kier molecular flexibility index (Phi) is 7.19. The van der Waals surface area contributed by atoms with E-state index in [0.717, 1.165) is 15.6 Å². The van der Waals surface area contributed by atoms with Crippen LogP contribution in [-0.2, 0) is 25.6 Å². The number of ether oxygens (including phenoxy) is 3. The predicted molar refractivity (Wildman–Crippen MR) is 102 cm³/mol. The zero-order valence-electron chi connectivity index (χ0n) is 15.1. The number of aromatic amines is 1. The summed E-state index contributed by atoms with van der Waals surface area (Å²) < 4.78 is 32.0. The Labute approximate surface area is 173 Å². The fourth-order valence-corrected chi connectivity index (χ4v) is 3.86. The summed E-state index contributed by atoms with van der Waals surface area (Å²) in [7, 11) is 0. The predicted octanol–water partition coefficient (Wildman–Crippen LogP) is 1.16. The molecule has 158 valence electrons. The summed E-state index contributed by atoms with van der Waals surface area (Å²) in [6.07, 6.45) is -1.12. The summed E-state index contributed by atoms with van der Waals surface area (Å²) in [5, 5.41) is 0. The zero-order chi connectivity index (χ0) is 21.0. The number of hydrogen-bond acceptors (Lipinski definition) is 8. The number of esters is 1. The number of H-pyrrole nitrogens is 1. The van der Waals surface area contributed by atoms with Gasteiger partial charge < -0.3 is 19.9 Å². The van der Waals surface area contributed by atoms with Crippen LogP contribution in [0.2, 0.25) is 4.34 Å². The van der Waals surface area contributed by atoms with Crippen molar-refractivity contribution in [3.8, 4) is 0 Å². The maximum Gasteiger partial charge on any atom is 0.330 e. The van der Waals surface area contributed by atoms with Crippen LogP contribution in [0.4, 0.5) is 4.39 Å². The van der Waals surface area contributed by atoms with E-state index in [1.165, 1.54) is 11.3 Å². The van der Waals surface area contributed by atoms with Crippen molar-refractivity contribution < 1.29 is 23.4 Å². The van der Waals surface area contributed by atoms with E-state index in [9.17, 15) is 18.8 Å². The second-order valence-corrected chi connectivity index (χ2v) is 8.09. The first kappa shape index (κ1) is 21.7. The number of aromatic nitrogens is 2. The van der Waals surface area contributed by atoms with Crippen molar-refractivity contribution in [2.75, 3.05) is 13.2 Å². The Morgan fingerprint density at radius 3 is 2.93 bits per heavy atom. The van der Waals surface area contributed by atoms with Crippen molar-refractivity contribution in [1.29, 1.82) is 0 Å². The van der Waals surface area contributed by atoms with E-state index in [1.807, 2.05) is 11.1 Å². The molecule has 3 N–H and O–H groups in total. The molecule has 1 saturated heterocycles. The topological polar surface area (TPSA) is 126 Å². The molecule has 0 amide bonds. The van der Waals surface area contributed by atoms with E-state index in [-0.39, 0.29) is 32.6 Å². The average Bonchev–Trinajstić information content (AvgIpc) is 3.27. The number of rotatable bonds is 8. The summed E-state index contributed by atoms with van der Waals surface area (Å²) in [6, 6.07) is 3.56. The molecule has 3 rings (SSSR count). The lowest BCUT2D eigenvalue weighted by molar-refractivity contribution is -0.151. The molecule has 2 aromatic rings. The van der Waals surface area contributed by atoms with Gasteiger partial charge in [-0.15, -0.1) is 11.3 Å². The maximum atomic E-state index is 13.6. The van der Waals surface area contributed by atoms with Crippen molar-refractivity contribution in [2.24, 2.45) is 5.73 Å². The third-order valence-corrected chi connectivity index (χ3v) is 5.45. The Morgan fingerprint density at radius 1 is 1.45 bits per heavy atom. The normalized spacial score (nSPS) is 21.4. The third-order valence-electron chi connectivity index (χ3n) is 4.24. The number of nitrogens with one attached hydrogen (secondary N) is 1. The van der Waals surface area contributed by atoms with Crippen molar-refractivity contribution in [3.63, 3.8) is 0 Å². The summed E-state index contributed by atoms with van der Waals surface area (Å²) in [5.41, 5.74) is 3.40. The van der Waals surface area contributed by atoms with Gasteiger partial charge in [-0.2, -0.15) is 4.39 Å². The third kappa shape index (κ3) is 5.52. The second-order valence-electron chi connectivity index (χ2n) is 6.29. The molecule has 0 radical (unpaired) electrons. The molecule has 1 aliphatic heterocycles. The Bertz CT molecular complexity index is 977. The van der Waals surface area contributed by atoms with Gasteiger partial charge in [0.25, 0.3) is 5.56 Å². The molecule has 3 heterocycles. The molecular weight excluding hydrogens is 429 g/mol. The standard InChI is InChI=1S/C17H19ClFN3O6S/c18-13-2-1-9(29-13)7-26-11-5-14(22-6-10(19)16(24)21-17(22)25)28-12(11)8-27-15(23)3-4-20/h1-2,6,11-12,14H,3-5,7-8,20H2,(H,21,24,25)/t11-,12+,14+/m0/s1. The van der Waals surface area contributed by atoms with E-state index in [2.05, 4.69) is 0 Å². The average molecular weight is 448 g/mol. The summed E-state index contributed by atoms with van der Waals surface area (Å²) >= 11 is 7.27. The molecule has 9 nitrogen and oxygen atoms in total. The Hall–Kier alpha value is -2.05. The van der Waals surface area contributed by atoms with Gasteiger partial charge in [-0.05, 0) is 12.1 Å². The van der Waals surface area contributed by atoms with Crippen molar-refractivity contribution in [2.45, 2.75) is 37.9 Å². The highest BCUT2D eigenvalue weighted by molar-refractivity contribution is 7.16. The quantitative estimate of drug-likeness (QED) is 0.581. The molecule has 1 aliphatic rings. The van der Waals surface area contributed by atoms with Gasteiger partial charge in [-0.25, -0.2) is 4.79 Å². The molecule has 1 fully saturated rings. The number of carbonyl (C=O) groups excluding carboxylic acids is 1. The van der Waals surface area contributed by atoms with E-state index in [1.54, 1.807) is 6.07 Å². The highest BCUT2D eigenvalue weighted by Crippen LogP contribution is 2.32. The highest BCUT2D eigenvalue weighted by atomic mass is 35.5. The Morgan fingerprint density at radius 2 is 2.24 bits per heavy atom. The molecule has 29 heavy (non-hydrogen) atoms. The number of halogens is 2. The molecule has 3 atom stereocenters. The minimum Gasteiger partial charge on any atom is -0.463 e. The van der Waals surface area contributed by atoms with Crippen LogP contribution in [-0.4, -0.2) is 40.9 Å². The highest BCUT2D eigenvalue weighted by Gasteiger charge is 2.38. The van der Waals surface area contributed by atoms with Gasteiger partial charge in [0.05, 0.1) is 29.7 Å². The van der Waals surface area contributed by atoms with Crippen LogP contribution in [0.3, 0.4) is 0 Å². The van der Waals surface area contributed by atoms with Crippen molar-refractivity contribution >= 4 is 28.9 Å². The van der Waals surface area contributed by atoms with E-state index >= 15 is 0 Å². The number of hydrogen-bond donors (Lipinski definition) is 2. The fraction of sp³-hybridized carbons (Fsp3) is 0.471. The van der Waals surface area contributed by atoms with Crippen LogP contribution in [0.25, 0.3) is 0 Å². The lowest BCUT2D eigenvalue weighted by atomic mass is 10.2. The van der Waals surface area contributed by atoms with Crippen LogP contribution in [0.1, 0.15) is 23.9 Å². The Balaban J connectivity index is 1.73. The lowest BCUT2D eigenvalue weighted by Gasteiger charge is -2.18. The number of thiophene rings is 1. The van der Waals surface area contributed by atoms with Gasteiger partial charge in [0.15, 0.2) is 0 Å². The molecule has 0 unspecified atom stereocenters. The summed E-state index contributed by atoms with van der Waals surface area (Å²) in [4.78, 5) is 37.7. The molecule has 2 aromatic heterocycles. The largest absolute Gasteiger partial charge is 0.463 e. The van der Waals surface area contributed by atoms with Gasteiger partial charge in [0.2, 0.25) is 5.82 Å². The van der Waals surface area contributed by atoms with Gasteiger partial charge in [-0.1, -0.05) is 11.6 Å². The molecule has 0 aliphatic carbocycles. The second kappa shape index (κ2) is 9.63. The fourth-order valence-electron chi connectivity index (χ4n) is 2.85. The number of nitrogens with two attached hydrogens (primary N) is 1. The first-order valence-corrected chi connectivity index (χ1v) is 9.94. The molecule has 0 aromatic carbocycles. The monoisotopic (exact) mass is 447 g/mol. The van der Waals surface area contributed by atoms with Crippen molar-refractivity contribution in [3.05, 3.63) is 54.2 Å². The molecule has 12 heteroatoms. The molecule has 0 bridgehead atoms. The zero-order valence-corrected chi connectivity index (χ0v) is 16.7. The molecular formula is C17H19ClFN3O6S. The van der Waals surface area contributed by atoms with Crippen LogP contribution >= 0.6 is 22.9 Å². The van der Waals surface area contributed by atoms with Crippen molar-refractivity contribution in [1.82, 2.24) is 9.55 Å². The molecule has 0 saturated carbocycles. The van der Waals surface area contributed by atoms with Gasteiger partial charge in [-0.3, -0.25) is 19.1 Å². The van der Waals surface area contributed by atoms with Crippen LogP contribution < -0.4 is 17.0 Å². The van der Waals surface area contributed by atoms with Gasteiger partial charge in [0, 0.05) is 17.8 Å². The van der Waals surface area contributed by atoms with Crippen LogP contribution in [0.5, 0.6) is 0 Å². The first-order valence-electron chi connectivity index (χ1n) is 8.75.